The molecular formula is C25H23N7O2S. The predicted octanol–water partition coefficient (Wildman–Crippen LogP) is 5.00. The number of nitrogens with one attached hydrogen (secondary N) is 4. The molecule has 1 unspecified atom stereocenters. The van der Waals surface area contributed by atoms with Crippen molar-refractivity contribution in [3.05, 3.63) is 69.8 Å². The summed E-state index contributed by atoms with van der Waals surface area (Å²) in [6.07, 6.45) is 4.26. The molecule has 1 atom stereocenters. The van der Waals surface area contributed by atoms with E-state index in [1.165, 1.54) is 0 Å². The molecule has 10 heteroatoms. The summed E-state index contributed by atoms with van der Waals surface area (Å²) in [4.78, 5) is 28.4. The smallest absolute Gasteiger partial charge is 0.308 e. The lowest BCUT2D eigenvalue weighted by Crippen LogP contribution is -2.31. The number of H-pyrrole nitrogens is 1. The lowest BCUT2D eigenvalue weighted by atomic mass is 9.94. The molecule has 9 nitrogen and oxygen atoms in total. The highest BCUT2D eigenvalue weighted by molar-refractivity contribution is 7.09. The van der Waals surface area contributed by atoms with E-state index >= 15 is 0 Å². The first-order chi connectivity index (χ1) is 16.9. The van der Waals surface area contributed by atoms with E-state index in [2.05, 4.69) is 36.3 Å². The second kappa shape index (κ2) is 9.51. The van der Waals surface area contributed by atoms with E-state index in [0.29, 0.717) is 17.8 Å². The molecule has 35 heavy (non-hydrogen) atoms. The Kier molecular flexibility index (Phi) is 6.11. The maximum absolute atomic E-state index is 12.5. The number of aromatic nitrogens is 3. The van der Waals surface area contributed by atoms with Crippen molar-refractivity contribution < 1.29 is 9.59 Å². The van der Waals surface area contributed by atoms with E-state index in [0.717, 1.165) is 38.6 Å². The molecule has 176 valence electrons. The first kappa shape index (κ1) is 22.5. The summed E-state index contributed by atoms with van der Waals surface area (Å²) >= 11 is 1.60. The molecule has 1 aliphatic rings. The second-order valence-electron chi connectivity index (χ2n) is 8.29. The molecular weight excluding hydrogens is 462 g/mol. The minimum atomic E-state index is -0.355. The fraction of sp³-hybridized carbons (Fsp3) is 0.160. The number of hydrogen-bond acceptors (Lipinski definition) is 6. The topological polar surface area (TPSA) is 124 Å². The maximum atomic E-state index is 12.5. The van der Waals surface area contributed by atoms with E-state index in [4.69, 9.17) is 0 Å². The molecule has 0 bridgehead atoms. The fourth-order valence-corrected chi connectivity index (χ4v) is 4.47. The number of amides is 3. The summed E-state index contributed by atoms with van der Waals surface area (Å²) in [7, 11) is 0. The molecule has 1 aliphatic heterocycles. The van der Waals surface area contributed by atoms with Crippen LogP contribution in [-0.2, 0) is 4.79 Å². The van der Waals surface area contributed by atoms with Crippen LogP contribution in [0.4, 0.5) is 16.2 Å². The number of urea groups is 1. The number of carbonyl (C=O) groups excluding carboxylic acids is 2. The van der Waals surface area contributed by atoms with Crippen LogP contribution in [0.5, 0.6) is 0 Å². The summed E-state index contributed by atoms with van der Waals surface area (Å²) in [6.45, 7) is 3.94. The third kappa shape index (κ3) is 5.12. The fourth-order valence-electron chi connectivity index (χ4n) is 3.89. The molecule has 0 fully saturated rings. The van der Waals surface area contributed by atoms with Crippen LogP contribution < -0.4 is 16.1 Å². The Hall–Kier alpha value is -4.31. The number of aromatic amines is 1. The van der Waals surface area contributed by atoms with Crippen molar-refractivity contribution in [2.75, 3.05) is 10.6 Å². The summed E-state index contributed by atoms with van der Waals surface area (Å²) in [5.74, 6) is -0.0429. The Bertz CT molecular complexity index is 1470. The number of rotatable bonds is 5. The molecule has 5 rings (SSSR count). The third-order valence-electron chi connectivity index (χ3n) is 5.60. The molecule has 0 spiro atoms. The van der Waals surface area contributed by atoms with Gasteiger partial charge in [-0.1, -0.05) is 19.1 Å². The van der Waals surface area contributed by atoms with E-state index in [-0.39, 0.29) is 17.9 Å². The van der Waals surface area contributed by atoms with E-state index < -0.39 is 0 Å². The predicted molar refractivity (Wildman–Crippen MR) is 139 cm³/mol. The van der Waals surface area contributed by atoms with Crippen LogP contribution in [0, 0.1) is 12.8 Å². The Morgan fingerprint density at radius 1 is 1.11 bits per heavy atom. The van der Waals surface area contributed by atoms with E-state index in [9.17, 15) is 9.59 Å². The summed E-state index contributed by atoms with van der Waals surface area (Å²) in [6, 6.07) is 12.6. The standard InChI is InChI=1S/C25H23N7O2S/c1-14-11-23(33)31-32-24(14)16-3-5-17(6-4-16)27-25(34)28-18-7-9-20-21(29-30-22(20)12-18)10-8-19-13-35-15(2)26-19/h3-10,12-14H,11H2,1-2H3,(H,29,30)(H,31,33)(H2,27,28,34)/b10-8+. The monoisotopic (exact) mass is 485 g/mol. The normalized spacial score (nSPS) is 15.8. The number of hydrogen-bond donors (Lipinski definition) is 4. The zero-order valence-electron chi connectivity index (χ0n) is 19.1. The van der Waals surface area contributed by atoms with Crippen molar-refractivity contribution in [3.63, 3.8) is 0 Å². The van der Waals surface area contributed by atoms with Gasteiger partial charge in [-0.3, -0.25) is 9.89 Å². The average Bonchev–Trinajstić information content (AvgIpc) is 3.43. The molecule has 0 saturated heterocycles. The molecule has 0 aliphatic carbocycles. The zero-order valence-corrected chi connectivity index (χ0v) is 19.9. The van der Waals surface area contributed by atoms with Gasteiger partial charge in [-0.05, 0) is 55.0 Å². The Labute approximate surface area is 205 Å². The van der Waals surface area contributed by atoms with Crippen LogP contribution in [0.3, 0.4) is 0 Å². The average molecular weight is 486 g/mol. The van der Waals surface area contributed by atoms with Crippen molar-refractivity contribution in [2.45, 2.75) is 20.3 Å². The van der Waals surface area contributed by atoms with E-state index in [1.807, 2.05) is 61.7 Å². The van der Waals surface area contributed by atoms with Gasteiger partial charge in [0, 0.05) is 34.5 Å². The van der Waals surface area contributed by atoms with Crippen molar-refractivity contribution in [2.24, 2.45) is 11.0 Å². The summed E-state index contributed by atoms with van der Waals surface area (Å²) < 4.78 is 0. The maximum Gasteiger partial charge on any atom is 0.323 e. The molecule has 3 heterocycles. The van der Waals surface area contributed by atoms with Crippen molar-refractivity contribution in [1.29, 1.82) is 0 Å². The number of anilines is 2. The molecule has 4 N–H and O–H groups in total. The van der Waals surface area contributed by atoms with Crippen molar-refractivity contribution in [1.82, 2.24) is 20.6 Å². The molecule has 0 saturated carbocycles. The Balaban J connectivity index is 1.23. The van der Waals surface area contributed by atoms with Gasteiger partial charge in [-0.2, -0.15) is 10.2 Å². The van der Waals surface area contributed by atoms with Gasteiger partial charge in [0.25, 0.3) is 0 Å². The summed E-state index contributed by atoms with van der Waals surface area (Å²) in [5.41, 5.74) is 8.06. The molecule has 0 radical (unpaired) electrons. The van der Waals surface area contributed by atoms with Gasteiger partial charge < -0.3 is 10.6 Å². The SMILES string of the molecule is Cc1nc(/C=C/c2n[nH]c3cc(NC(=O)Nc4ccc(C5=NNC(=O)CC5C)cc4)ccc23)cs1. The second-order valence-corrected chi connectivity index (χ2v) is 9.35. The van der Waals surface area contributed by atoms with Crippen LogP contribution in [-0.4, -0.2) is 32.8 Å². The number of fused-ring (bicyclic) bond motifs is 1. The van der Waals surface area contributed by atoms with Gasteiger partial charge in [0.15, 0.2) is 0 Å². The number of carbonyl (C=O) groups is 2. The Morgan fingerprint density at radius 2 is 1.89 bits per heavy atom. The highest BCUT2D eigenvalue weighted by Crippen LogP contribution is 2.23. The number of nitrogens with zero attached hydrogens (tertiary/aromatic N) is 3. The minimum absolute atomic E-state index is 0.0377. The summed E-state index contributed by atoms with van der Waals surface area (Å²) in [5, 5.41) is 21.2. The largest absolute Gasteiger partial charge is 0.323 e. The van der Waals surface area contributed by atoms with Gasteiger partial charge >= 0.3 is 6.03 Å². The number of hydrazone groups is 1. The highest BCUT2D eigenvalue weighted by Gasteiger charge is 2.21. The van der Waals surface area contributed by atoms with Crippen LogP contribution in [0.1, 0.15) is 35.3 Å². The van der Waals surface area contributed by atoms with Crippen LogP contribution in [0.25, 0.3) is 23.1 Å². The quantitative estimate of drug-likeness (QED) is 0.317. The van der Waals surface area contributed by atoms with Crippen molar-refractivity contribution in [3.8, 4) is 0 Å². The van der Waals surface area contributed by atoms with Gasteiger partial charge in [0.2, 0.25) is 5.91 Å². The van der Waals surface area contributed by atoms with Gasteiger partial charge in [0.1, 0.15) is 0 Å². The minimum Gasteiger partial charge on any atom is -0.308 e. The first-order valence-corrected chi connectivity index (χ1v) is 12.0. The number of thiazole rings is 1. The van der Waals surface area contributed by atoms with Crippen LogP contribution in [0.15, 0.2) is 52.9 Å². The molecule has 2 aromatic heterocycles. The lowest BCUT2D eigenvalue weighted by molar-refractivity contribution is -0.121. The molecule has 3 amide bonds. The van der Waals surface area contributed by atoms with Crippen LogP contribution >= 0.6 is 11.3 Å². The zero-order chi connectivity index (χ0) is 24.4. The number of benzene rings is 2. The Morgan fingerprint density at radius 3 is 2.63 bits per heavy atom. The number of aryl methyl sites for hydroxylation is 1. The lowest BCUT2D eigenvalue weighted by Gasteiger charge is -2.19. The molecule has 2 aromatic carbocycles. The molecule has 4 aromatic rings. The van der Waals surface area contributed by atoms with E-state index in [1.54, 1.807) is 23.5 Å². The third-order valence-corrected chi connectivity index (χ3v) is 6.39. The van der Waals surface area contributed by atoms with Crippen molar-refractivity contribution >= 4 is 63.4 Å². The van der Waals surface area contributed by atoms with Gasteiger partial charge in [0.05, 0.1) is 27.6 Å². The van der Waals surface area contributed by atoms with Crippen LogP contribution in [0.2, 0.25) is 0 Å². The first-order valence-electron chi connectivity index (χ1n) is 11.1. The van der Waals surface area contributed by atoms with Gasteiger partial charge in [-0.25, -0.2) is 15.2 Å². The highest BCUT2D eigenvalue weighted by atomic mass is 32.1. The van der Waals surface area contributed by atoms with Gasteiger partial charge in [-0.15, -0.1) is 11.3 Å².